The van der Waals surface area contributed by atoms with E-state index in [1.165, 1.54) is 5.56 Å². The molecule has 0 radical (unpaired) electrons. The fraction of sp³-hybridized carbons (Fsp3) is 0.625. The average Bonchev–Trinajstić information content (AvgIpc) is 2.98. The van der Waals surface area contributed by atoms with Crippen LogP contribution in [0.2, 0.25) is 0 Å². The number of hydrogen-bond acceptors (Lipinski definition) is 3. The van der Waals surface area contributed by atoms with Crippen molar-refractivity contribution in [1.82, 2.24) is 10.2 Å². The van der Waals surface area contributed by atoms with Gasteiger partial charge in [0.1, 0.15) is 0 Å². The number of nitrogens with zero attached hydrogens (tertiary/aromatic N) is 1. The highest BCUT2D eigenvalue weighted by molar-refractivity contribution is 7.07. The summed E-state index contributed by atoms with van der Waals surface area (Å²) < 4.78 is 0. The molecule has 116 valence electrons. The van der Waals surface area contributed by atoms with Gasteiger partial charge in [-0.3, -0.25) is 9.59 Å². The molecule has 0 unspecified atom stereocenters. The molecule has 2 amide bonds. The van der Waals surface area contributed by atoms with Crippen LogP contribution in [0.5, 0.6) is 0 Å². The highest BCUT2D eigenvalue weighted by atomic mass is 32.1. The largest absolute Gasteiger partial charge is 0.353 e. The molecular formula is C16H24N2O2S. The summed E-state index contributed by atoms with van der Waals surface area (Å²) in [4.78, 5) is 25.8. The number of nitrogens with one attached hydrogen (secondary N) is 1. The SMILES string of the molecule is CC(C)C(=O)N1CCC(NC(=O)CCc2ccsc2)CC1. The third-order valence-electron chi connectivity index (χ3n) is 3.89. The summed E-state index contributed by atoms with van der Waals surface area (Å²) in [6, 6.07) is 2.28. The molecule has 0 saturated carbocycles. The van der Waals surface area contributed by atoms with E-state index in [4.69, 9.17) is 0 Å². The second-order valence-corrected chi connectivity index (χ2v) is 6.73. The molecule has 0 aromatic carbocycles. The molecule has 21 heavy (non-hydrogen) atoms. The molecule has 1 fully saturated rings. The van der Waals surface area contributed by atoms with E-state index < -0.39 is 0 Å². The van der Waals surface area contributed by atoms with E-state index in [0.717, 1.165) is 32.4 Å². The molecule has 5 heteroatoms. The molecule has 1 saturated heterocycles. The van der Waals surface area contributed by atoms with E-state index in [-0.39, 0.29) is 23.8 Å². The van der Waals surface area contributed by atoms with Crippen molar-refractivity contribution in [3.05, 3.63) is 22.4 Å². The third-order valence-corrected chi connectivity index (χ3v) is 4.62. The Kier molecular flexibility index (Phi) is 5.79. The number of likely N-dealkylation sites (tertiary alicyclic amines) is 1. The number of carbonyl (C=O) groups is 2. The van der Waals surface area contributed by atoms with Gasteiger partial charge in [-0.1, -0.05) is 13.8 Å². The minimum atomic E-state index is 0.0572. The van der Waals surface area contributed by atoms with E-state index in [1.807, 2.05) is 24.1 Å². The molecule has 1 aromatic heterocycles. The van der Waals surface area contributed by atoms with Crippen molar-refractivity contribution in [3.8, 4) is 0 Å². The van der Waals surface area contributed by atoms with E-state index in [2.05, 4.69) is 16.8 Å². The molecule has 1 aromatic rings. The van der Waals surface area contributed by atoms with Crippen LogP contribution >= 0.6 is 11.3 Å². The van der Waals surface area contributed by atoms with E-state index in [1.54, 1.807) is 11.3 Å². The molecule has 0 bridgehead atoms. The van der Waals surface area contributed by atoms with Gasteiger partial charge >= 0.3 is 0 Å². The van der Waals surface area contributed by atoms with Crippen LogP contribution in [0.3, 0.4) is 0 Å². The summed E-state index contributed by atoms with van der Waals surface area (Å²) in [5.74, 6) is 0.397. The number of amides is 2. The number of carbonyl (C=O) groups excluding carboxylic acids is 2. The first-order valence-electron chi connectivity index (χ1n) is 7.65. The summed E-state index contributed by atoms with van der Waals surface area (Å²) in [5, 5.41) is 7.22. The topological polar surface area (TPSA) is 49.4 Å². The number of hydrogen-bond donors (Lipinski definition) is 1. The van der Waals surface area contributed by atoms with Crippen molar-refractivity contribution in [2.45, 2.75) is 45.6 Å². The number of rotatable bonds is 5. The molecule has 1 aliphatic rings. The van der Waals surface area contributed by atoms with Gasteiger partial charge in [0.25, 0.3) is 0 Å². The maximum atomic E-state index is 11.9. The third kappa shape index (κ3) is 4.84. The molecule has 2 rings (SSSR count). The minimum Gasteiger partial charge on any atom is -0.353 e. The van der Waals surface area contributed by atoms with Crippen LogP contribution in [-0.4, -0.2) is 35.8 Å². The van der Waals surface area contributed by atoms with Crippen LogP contribution in [0.25, 0.3) is 0 Å². The van der Waals surface area contributed by atoms with Gasteiger partial charge in [-0.15, -0.1) is 0 Å². The van der Waals surface area contributed by atoms with Crippen molar-refractivity contribution in [1.29, 1.82) is 0 Å². The van der Waals surface area contributed by atoms with Crippen LogP contribution < -0.4 is 5.32 Å². The normalized spacial score (nSPS) is 16.2. The fourth-order valence-corrected chi connectivity index (χ4v) is 3.31. The standard InChI is InChI=1S/C16H24N2O2S/c1-12(2)16(20)18-8-5-14(6-9-18)17-15(19)4-3-13-7-10-21-11-13/h7,10-12,14H,3-6,8-9H2,1-2H3,(H,17,19). The van der Waals surface area contributed by atoms with Crippen molar-refractivity contribution in [2.24, 2.45) is 5.92 Å². The van der Waals surface area contributed by atoms with E-state index in [0.29, 0.717) is 6.42 Å². The lowest BCUT2D eigenvalue weighted by atomic mass is 10.0. The Bertz CT molecular complexity index is 463. The lowest BCUT2D eigenvalue weighted by molar-refractivity contribution is -0.135. The van der Waals surface area contributed by atoms with E-state index in [9.17, 15) is 9.59 Å². The fourth-order valence-electron chi connectivity index (χ4n) is 2.60. The summed E-state index contributed by atoms with van der Waals surface area (Å²) in [5.41, 5.74) is 1.23. The van der Waals surface area contributed by atoms with Crippen LogP contribution in [-0.2, 0) is 16.0 Å². The first-order valence-corrected chi connectivity index (χ1v) is 8.59. The molecule has 0 atom stereocenters. The minimum absolute atomic E-state index is 0.0572. The maximum Gasteiger partial charge on any atom is 0.225 e. The van der Waals surface area contributed by atoms with Gasteiger partial charge in [0.2, 0.25) is 11.8 Å². The molecular weight excluding hydrogens is 284 g/mol. The molecule has 4 nitrogen and oxygen atoms in total. The highest BCUT2D eigenvalue weighted by Gasteiger charge is 2.24. The molecule has 0 aliphatic carbocycles. The zero-order valence-electron chi connectivity index (χ0n) is 12.8. The summed E-state index contributed by atoms with van der Waals surface area (Å²) in [7, 11) is 0. The van der Waals surface area contributed by atoms with Crippen LogP contribution in [0.15, 0.2) is 16.8 Å². The predicted molar refractivity (Wildman–Crippen MR) is 85.2 cm³/mol. The quantitative estimate of drug-likeness (QED) is 0.908. The Labute approximate surface area is 130 Å². The maximum absolute atomic E-state index is 11.9. The Morgan fingerprint density at radius 1 is 1.38 bits per heavy atom. The van der Waals surface area contributed by atoms with Gasteiger partial charge in [-0.25, -0.2) is 0 Å². The van der Waals surface area contributed by atoms with Gasteiger partial charge in [0, 0.05) is 31.5 Å². The van der Waals surface area contributed by atoms with Crippen molar-refractivity contribution < 1.29 is 9.59 Å². The highest BCUT2D eigenvalue weighted by Crippen LogP contribution is 2.14. The summed E-state index contributed by atoms with van der Waals surface area (Å²) in [6.45, 7) is 5.38. The summed E-state index contributed by atoms with van der Waals surface area (Å²) >= 11 is 1.66. The Balaban J connectivity index is 1.68. The van der Waals surface area contributed by atoms with Crippen molar-refractivity contribution in [2.75, 3.05) is 13.1 Å². The van der Waals surface area contributed by atoms with E-state index >= 15 is 0 Å². The number of thiophene rings is 1. The van der Waals surface area contributed by atoms with Crippen molar-refractivity contribution >= 4 is 23.2 Å². The van der Waals surface area contributed by atoms with Gasteiger partial charge < -0.3 is 10.2 Å². The van der Waals surface area contributed by atoms with Gasteiger partial charge in [-0.05, 0) is 41.7 Å². The van der Waals surface area contributed by atoms with Crippen LogP contribution in [0, 0.1) is 5.92 Å². The van der Waals surface area contributed by atoms with Gasteiger partial charge in [0.15, 0.2) is 0 Å². The average molecular weight is 308 g/mol. The van der Waals surface area contributed by atoms with Crippen LogP contribution in [0.1, 0.15) is 38.7 Å². The zero-order chi connectivity index (χ0) is 15.2. The lowest BCUT2D eigenvalue weighted by Crippen LogP contribution is -2.47. The van der Waals surface area contributed by atoms with Crippen LogP contribution in [0.4, 0.5) is 0 Å². The predicted octanol–water partition coefficient (Wildman–Crippen LogP) is 2.44. The number of piperidine rings is 1. The van der Waals surface area contributed by atoms with Gasteiger partial charge in [-0.2, -0.15) is 11.3 Å². The first kappa shape index (κ1) is 16.0. The Hall–Kier alpha value is -1.36. The Morgan fingerprint density at radius 3 is 2.67 bits per heavy atom. The van der Waals surface area contributed by atoms with Crippen molar-refractivity contribution in [3.63, 3.8) is 0 Å². The lowest BCUT2D eigenvalue weighted by Gasteiger charge is -2.33. The number of aryl methyl sites for hydroxylation is 1. The Morgan fingerprint density at radius 2 is 2.10 bits per heavy atom. The van der Waals surface area contributed by atoms with Gasteiger partial charge in [0.05, 0.1) is 0 Å². The zero-order valence-corrected chi connectivity index (χ0v) is 13.6. The smallest absolute Gasteiger partial charge is 0.225 e. The molecule has 0 spiro atoms. The molecule has 1 N–H and O–H groups in total. The molecule has 2 heterocycles. The first-order chi connectivity index (χ1) is 10.1. The molecule has 1 aliphatic heterocycles. The second-order valence-electron chi connectivity index (χ2n) is 5.95. The monoisotopic (exact) mass is 308 g/mol. The second kappa shape index (κ2) is 7.59. The summed E-state index contributed by atoms with van der Waals surface area (Å²) in [6.07, 6.45) is 3.08.